The van der Waals surface area contributed by atoms with Crippen LogP contribution >= 0.6 is 11.8 Å². The second-order valence-electron chi connectivity index (χ2n) is 5.72. The largest absolute Gasteiger partial charge is 0.492 e. The van der Waals surface area contributed by atoms with Crippen molar-refractivity contribution in [1.82, 2.24) is 4.90 Å². The molecule has 138 valence electrons. The number of carbonyl (C=O) groups excluding carboxylic acids is 1. The zero-order valence-electron chi connectivity index (χ0n) is 15.1. The highest BCUT2D eigenvalue weighted by atomic mass is 32.2. The molecule has 6 nitrogen and oxygen atoms in total. The zero-order chi connectivity index (χ0) is 18.9. The van der Waals surface area contributed by atoms with E-state index in [0.29, 0.717) is 24.7 Å². The molecule has 1 amide bonds. The first-order chi connectivity index (χ1) is 12.5. The maximum atomic E-state index is 11.7. The van der Waals surface area contributed by atoms with Gasteiger partial charge >= 0.3 is 0 Å². The third-order valence-electron chi connectivity index (χ3n) is 3.79. The van der Waals surface area contributed by atoms with Gasteiger partial charge in [0.2, 0.25) is 0 Å². The topological polar surface area (TPSA) is 80.3 Å². The first kappa shape index (κ1) is 19.8. The molecule has 0 bridgehead atoms. The summed E-state index contributed by atoms with van der Waals surface area (Å²) in [5.74, 6) is 1.42. The number of carbonyl (C=O) groups is 1. The quantitative estimate of drug-likeness (QED) is 0.532. The van der Waals surface area contributed by atoms with E-state index in [0.717, 1.165) is 17.1 Å². The number of nitrogens with zero attached hydrogens (tertiary/aromatic N) is 3. The van der Waals surface area contributed by atoms with Crippen LogP contribution in [-0.2, 0) is 11.2 Å². The highest BCUT2D eigenvalue weighted by molar-refractivity contribution is 8.15. The van der Waals surface area contributed by atoms with E-state index in [1.807, 2.05) is 61.4 Å². The van der Waals surface area contributed by atoms with Gasteiger partial charge in [-0.15, -0.1) is 0 Å². The van der Waals surface area contributed by atoms with Crippen LogP contribution in [0.15, 0.2) is 58.3 Å². The molecule has 0 radical (unpaired) electrons. The fourth-order valence-electron chi connectivity index (χ4n) is 2.37. The van der Waals surface area contributed by atoms with Crippen molar-refractivity contribution < 1.29 is 9.53 Å². The van der Waals surface area contributed by atoms with Crippen molar-refractivity contribution in [3.05, 3.63) is 53.9 Å². The normalized spacial score (nSPS) is 17.5. The average molecular weight is 372 g/mol. The Bertz CT molecular complexity index is 726. The highest BCUT2D eigenvalue weighted by Gasteiger charge is 2.26. The minimum Gasteiger partial charge on any atom is -0.492 e. The molecular formula is C19H24N4O2S. The minimum atomic E-state index is -0.218. The fraction of sp³-hybridized carbons (Fsp3) is 0.316. The lowest BCUT2D eigenvalue weighted by Gasteiger charge is -2.19. The number of hydrogen-bond donors (Lipinski definition) is 1. The number of allylic oxidation sites excluding steroid dienone is 3. The maximum Gasteiger partial charge on any atom is 0.261 e. The van der Waals surface area contributed by atoms with Crippen molar-refractivity contribution in [2.45, 2.75) is 18.6 Å². The summed E-state index contributed by atoms with van der Waals surface area (Å²) in [7, 11) is 1.94. The number of nitrogens with two attached hydrogens (primary N) is 1. The van der Waals surface area contributed by atoms with Crippen LogP contribution in [-0.4, -0.2) is 48.1 Å². The van der Waals surface area contributed by atoms with Gasteiger partial charge in [0, 0.05) is 7.05 Å². The van der Waals surface area contributed by atoms with Gasteiger partial charge in [-0.3, -0.25) is 4.79 Å². The Labute approximate surface area is 158 Å². The summed E-state index contributed by atoms with van der Waals surface area (Å²) in [6, 6.07) is 7.74. The van der Waals surface area contributed by atoms with E-state index in [4.69, 9.17) is 10.5 Å². The predicted octanol–water partition coefficient (Wildman–Crippen LogP) is 2.61. The van der Waals surface area contributed by atoms with Gasteiger partial charge < -0.3 is 15.4 Å². The van der Waals surface area contributed by atoms with Gasteiger partial charge in [-0.1, -0.05) is 36.0 Å². The molecule has 2 N–H and O–H groups in total. The molecule has 1 aromatic rings. The number of hydrogen-bond acceptors (Lipinski definition) is 6. The molecule has 1 atom stereocenters. The molecule has 1 heterocycles. The molecule has 26 heavy (non-hydrogen) atoms. The van der Waals surface area contributed by atoms with E-state index in [-0.39, 0.29) is 11.2 Å². The Balaban J connectivity index is 1.80. The summed E-state index contributed by atoms with van der Waals surface area (Å²) in [5.41, 5.74) is 6.63. The summed E-state index contributed by atoms with van der Waals surface area (Å²) >= 11 is 1.32. The van der Waals surface area contributed by atoms with Gasteiger partial charge in [0.25, 0.3) is 5.91 Å². The van der Waals surface area contributed by atoms with Crippen LogP contribution in [0.25, 0.3) is 0 Å². The average Bonchev–Trinajstić information content (AvgIpc) is 2.94. The predicted molar refractivity (Wildman–Crippen MR) is 109 cm³/mol. The second kappa shape index (κ2) is 9.82. The van der Waals surface area contributed by atoms with E-state index in [1.54, 1.807) is 0 Å². The van der Waals surface area contributed by atoms with Crippen LogP contribution in [0, 0.1) is 0 Å². The molecule has 0 saturated heterocycles. The summed E-state index contributed by atoms with van der Waals surface area (Å²) < 4.78 is 5.78. The number of amidine groups is 1. The molecule has 7 heteroatoms. The van der Waals surface area contributed by atoms with Crippen LogP contribution in [0.1, 0.15) is 12.5 Å². The van der Waals surface area contributed by atoms with Crippen LogP contribution in [0.2, 0.25) is 0 Å². The highest BCUT2D eigenvalue weighted by Crippen LogP contribution is 2.24. The molecule has 0 fully saturated rings. The van der Waals surface area contributed by atoms with Gasteiger partial charge in [-0.2, -0.15) is 4.99 Å². The van der Waals surface area contributed by atoms with Gasteiger partial charge in [0.15, 0.2) is 5.17 Å². The van der Waals surface area contributed by atoms with E-state index in [1.165, 1.54) is 11.8 Å². The van der Waals surface area contributed by atoms with Gasteiger partial charge in [0.1, 0.15) is 18.2 Å². The fourth-order valence-corrected chi connectivity index (χ4v) is 3.23. The van der Waals surface area contributed by atoms with Crippen molar-refractivity contribution in [1.29, 1.82) is 0 Å². The number of aliphatic imine (C=N–C) groups is 2. The second-order valence-corrected chi connectivity index (χ2v) is 6.94. The smallest absolute Gasteiger partial charge is 0.261 e. The number of ether oxygens (including phenoxy) is 1. The standard InChI is InChI=1S/C19H24N4O2S/c1-4-5-6-17(21-2)23(3)11-12-25-15-9-7-14(8-10-15)13-16-18(24)22-19(20)26-16/h4-10,16H,2,11-13H2,1,3H3,(H2,20,22,24). The third kappa shape index (κ3) is 5.77. The SMILES string of the molecule is C=NC(=CC=CC)N(C)CCOc1ccc(CC2SC(N)=NC2=O)cc1. The third-order valence-corrected chi connectivity index (χ3v) is 4.78. The van der Waals surface area contributed by atoms with Gasteiger partial charge in [-0.25, -0.2) is 4.99 Å². The Morgan fingerprint density at radius 3 is 2.77 bits per heavy atom. The molecule has 1 aliphatic heterocycles. The van der Waals surface area contributed by atoms with E-state index >= 15 is 0 Å². The van der Waals surface area contributed by atoms with E-state index in [9.17, 15) is 4.79 Å². The molecule has 2 rings (SSSR count). The number of thioether (sulfide) groups is 1. The van der Waals surface area contributed by atoms with Gasteiger partial charge in [0.05, 0.1) is 11.8 Å². The first-order valence-electron chi connectivity index (χ1n) is 8.30. The molecule has 0 aromatic heterocycles. The molecule has 1 unspecified atom stereocenters. The lowest BCUT2D eigenvalue weighted by atomic mass is 10.1. The number of amides is 1. The van der Waals surface area contributed by atoms with Crippen LogP contribution in [0.4, 0.5) is 0 Å². The summed E-state index contributed by atoms with van der Waals surface area (Å²) in [6.07, 6.45) is 6.38. The van der Waals surface area contributed by atoms with Gasteiger partial charge in [-0.05, 0) is 43.8 Å². The lowest BCUT2D eigenvalue weighted by molar-refractivity contribution is -0.117. The van der Waals surface area contributed by atoms with Crippen molar-refractivity contribution in [2.75, 3.05) is 20.2 Å². The Morgan fingerprint density at radius 2 is 2.19 bits per heavy atom. The summed E-state index contributed by atoms with van der Waals surface area (Å²) in [6.45, 7) is 6.75. The number of likely N-dealkylation sites (N-methyl/N-ethyl adjacent to an activating group) is 1. The van der Waals surface area contributed by atoms with Crippen LogP contribution in [0.5, 0.6) is 5.75 Å². The van der Waals surface area contributed by atoms with Crippen LogP contribution in [0.3, 0.4) is 0 Å². The lowest BCUT2D eigenvalue weighted by Crippen LogP contribution is -2.23. The number of benzene rings is 1. The summed E-state index contributed by atoms with van der Waals surface area (Å²) in [4.78, 5) is 21.4. The summed E-state index contributed by atoms with van der Waals surface area (Å²) in [5, 5.41) is 0.130. The molecule has 0 saturated carbocycles. The van der Waals surface area contributed by atoms with E-state index in [2.05, 4.69) is 16.7 Å². The molecule has 1 aromatic carbocycles. The van der Waals surface area contributed by atoms with Crippen LogP contribution < -0.4 is 10.5 Å². The Kier molecular flexibility index (Phi) is 7.47. The van der Waals surface area contributed by atoms with E-state index < -0.39 is 0 Å². The van der Waals surface area contributed by atoms with Crippen molar-refractivity contribution in [3.8, 4) is 5.75 Å². The Hall–Kier alpha value is -2.54. The minimum absolute atomic E-state index is 0.159. The van der Waals surface area contributed by atoms with Crippen molar-refractivity contribution in [3.63, 3.8) is 0 Å². The molecule has 0 spiro atoms. The first-order valence-corrected chi connectivity index (χ1v) is 9.18. The van der Waals surface area contributed by atoms with Crippen molar-refractivity contribution in [2.24, 2.45) is 15.7 Å². The zero-order valence-corrected chi connectivity index (χ0v) is 15.9. The number of rotatable bonds is 9. The molecular weight excluding hydrogens is 348 g/mol. The van der Waals surface area contributed by atoms with Crippen molar-refractivity contribution >= 4 is 29.6 Å². The molecule has 0 aliphatic carbocycles. The monoisotopic (exact) mass is 372 g/mol. The Morgan fingerprint density at radius 1 is 1.46 bits per heavy atom. The maximum absolute atomic E-state index is 11.7. The molecule has 1 aliphatic rings.